The van der Waals surface area contributed by atoms with E-state index in [-0.39, 0.29) is 11.7 Å². The predicted octanol–water partition coefficient (Wildman–Crippen LogP) is 4.78. The monoisotopic (exact) mass is 324 g/mol. The summed E-state index contributed by atoms with van der Waals surface area (Å²) in [7, 11) is 0. The fourth-order valence-electron chi connectivity index (χ4n) is 2.25. The van der Waals surface area contributed by atoms with Gasteiger partial charge in [0.2, 0.25) is 0 Å². The van der Waals surface area contributed by atoms with Crippen molar-refractivity contribution >= 4 is 28.6 Å². The van der Waals surface area contributed by atoms with Crippen molar-refractivity contribution in [3.63, 3.8) is 0 Å². The molecule has 112 valence electrons. The minimum absolute atomic E-state index is 0.0149. The van der Waals surface area contributed by atoms with Gasteiger partial charge in [-0.25, -0.2) is 0 Å². The molecule has 0 amide bonds. The van der Waals surface area contributed by atoms with Gasteiger partial charge in [0.15, 0.2) is 0 Å². The maximum atomic E-state index is 10.7. The number of aryl methyl sites for hydroxylation is 2. The highest BCUT2D eigenvalue weighted by atomic mass is 35.5. The van der Waals surface area contributed by atoms with Crippen LogP contribution in [0, 0.1) is 24.0 Å². The van der Waals surface area contributed by atoms with Crippen LogP contribution in [0.25, 0.3) is 0 Å². The Morgan fingerprint density at radius 3 is 2.62 bits per heavy atom. The van der Waals surface area contributed by atoms with Crippen LogP contribution in [0.3, 0.4) is 0 Å². The zero-order valence-electron chi connectivity index (χ0n) is 12.1. The van der Waals surface area contributed by atoms with Crippen LogP contribution < -0.4 is 5.32 Å². The minimum atomic E-state index is -0.441. The van der Waals surface area contributed by atoms with Crippen molar-refractivity contribution in [2.45, 2.75) is 33.4 Å². The molecule has 21 heavy (non-hydrogen) atoms. The standard InChI is InChI=1S/C15H17ClN2O2S/c1-9-6-14(11(3)21-9)10(2)17-8-12-4-5-13(18(19)20)7-15(12)16/h4-7,10,17H,8H2,1-3H3. The van der Waals surface area contributed by atoms with Gasteiger partial charge in [0.05, 0.1) is 9.95 Å². The van der Waals surface area contributed by atoms with Gasteiger partial charge >= 0.3 is 0 Å². The number of hydrogen-bond acceptors (Lipinski definition) is 4. The maximum Gasteiger partial charge on any atom is 0.270 e. The van der Waals surface area contributed by atoms with Gasteiger partial charge in [0.25, 0.3) is 5.69 Å². The number of nitro benzene ring substituents is 1. The van der Waals surface area contributed by atoms with E-state index in [1.807, 2.05) is 0 Å². The van der Waals surface area contributed by atoms with Crippen molar-refractivity contribution in [3.05, 3.63) is 60.3 Å². The summed E-state index contributed by atoms with van der Waals surface area (Å²) in [5, 5.41) is 14.5. The van der Waals surface area contributed by atoms with Gasteiger partial charge in [0, 0.05) is 34.5 Å². The van der Waals surface area contributed by atoms with Crippen LogP contribution in [0.15, 0.2) is 24.3 Å². The number of hydrogen-bond donors (Lipinski definition) is 1. The average Bonchev–Trinajstić information content (AvgIpc) is 2.75. The molecule has 0 aliphatic rings. The van der Waals surface area contributed by atoms with E-state index in [1.54, 1.807) is 17.4 Å². The van der Waals surface area contributed by atoms with E-state index >= 15 is 0 Å². The second-order valence-corrected chi connectivity index (χ2v) is 6.87. The zero-order chi connectivity index (χ0) is 15.6. The molecular weight excluding hydrogens is 308 g/mol. The molecule has 1 N–H and O–H groups in total. The lowest BCUT2D eigenvalue weighted by Crippen LogP contribution is -2.18. The highest BCUT2D eigenvalue weighted by Gasteiger charge is 2.13. The first-order chi connectivity index (χ1) is 9.88. The summed E-state index contributed by atoms with van der Waals surface area (Å²) in [4.78, 5) is 12.9. The quantitative estimate of drug-likeness (QED) is 0.636. The first kappa shape index (κ1) is 15.9. The third-order valence-corrected chi connectivity index (χ3v) is 4.73. The molecule has 6 heteroatoms. The zero-order valence-corrected chi connectivity index (χ0v) is 13.7. The molecular formula is C15H17ClN2O2S. The Hall–Kier alpha value is -1.43. The number of nitrogens with one attached hydrogen (secondary N) is 1. The molecule has 1 heterocycles. The fourth-order valence-corrected chi connectivity index (χ4v) is 3.51. The highest BCUT2D eigenvalue weighted by molar-refractivity contribution is 7.12. The molecule has 2 aromatic rings. The van der Waals surface area contributed by atoms with Crippen molar-refractivity contribution in [1.82, 2.24) is 5.32 Å². The van der Waals surface area contributed by atoms with E-state index in [2.05, 4.69) is 32.2 Å². The van der Waals surface area contributed by atoms with E-state index in [0.717, 1.165) is 5.56 Å². The van der Waals surface area contributed by atoms with Gasteiger partial charge in [-0.05, 0) is 44.0 Å². The van der Waals surface area contributed by atoms with Crippen molar-refractivity contribution in [3.8, 4) is 0 Å². The molecule has 0 saturated heterocycles. The number of nitro groups is 1. The first-order valence-electron chi connectivity index (χ1n) is 6.61. The van der Waals surface area contributed by atoms with Crippen LogP contribution in [0.2, 0.25) is 5.02 Å². The number of rotatable bonds is 5. The fraction of sp³-hybridized carbons (Fsp3) is 0.333. The Bertz CT molecular complexity index is 670. The number of halogens is 1. The van der Waals surface area contributed by atoms with Crippen LogP contribution in [-0.2, 0) is 6.54 Å². The van der Waals surface area contributed by atoms with Crippen molar-refractivity contribution in [2.75, 3.05) is 0 Å². The van der Waals surface area contributed by atoms with Crippen molar-refractivity contribution in [1.29, 1.82) is 0 Å². The van der Waals surface area contributed by atoms with Gasteiger partial charge in [-0.1, -0.05) is 11.6 Å². The Morgan fingerprint density at radius 1 is 1.38 bits per heavy atom. The molecule has 0 aliphatic carbocycles. The molecule has 0 spiro atoms. The SMILES string of the molecule is Cc1cc(C(C)NCc2ccc([N+](=O)[O-])cc2Cl)c(C)s1. The third kappa shape index (κ3) is 3.81. The van der Waals surface area contributed by atoms with Crippen molar-refractivity contribution < 1.29 is 4.92 Å². The molecule has 0 bridgehead atoms. The van der Waals surface area contributed by atoms with Gasteiger partial charge in [-0.15, -0.1) is 11.3 Å². The topological polar surface area (TPSA) is 55.2 Å². The summed E-state index contributed by atoms with van der Waals surface area (Å²) in [5.41, 5.74) is 2.16. The minimum Gasteiger partial charge on any atom is -0.306 e. The van der Waals surface area contributed by atoms with E-state index in [4.69, 9.17) is 11.6 Å². The van der Waals surface area contributed by atoms with Crippen LogP contribution in [0.1, 0.15) is 33.8 Å². The second-order valence-electron chi connectivity index (χ2n) is 5.00. The Balaban J connectivity index is 2.06. The van der Waals surface area contributed by atoms with Gasteiger partial charge in [-0.3, -0.25) is 10.1 Å². The molecule has 4 nitrogen and oxygen atoms in total. The summed E-state index contributed by atoms with van der Waals surface area (Å²) in [5.74, 6) is 0. The highest BCUT2D eigenvalue weighted by Crippen LogP contribution is 2.27. The molecule has 2 rings (SSSR count). The normalized spacial score (nSPS) is 12.4. The van der Waals surface area contributed by atoms with Crippen LogP contribution in [0.5, 0.6) is 0 Å². The number of non-ortho nitro benzene ring substituents is 1. The van der Waals surface area contributed by atoms with Crippen LogP contribution in [-0.4, -0.2) is 4.92 Å². The van der Waals surface area contributed by atoms with Gasteiger partial charge in [-0.2, -0.15) is 0 Å². The molecule has 0 fully saturated rings. The van der Waals surface area contributed by atoms with E-state index in [0.29, 0.717) is 11.6 Å². The molecule has 1 atom stereocenters. The van der Waals surface area contributed by atoms with Crippen molar-refractivity contribution in [2.24, 2.45) is 0 Å². The molecule has 1 unspecified atom stereocenters. The summed E-state index contributed by atoms with van der Waals surface area (Å²) in [6.07, 6.45) is 0. The summed E-state index contributed by atoms with van der Waals surface area (Å²) in [6, 6.07) is 6.97. The van der Waals surface area contributed by atoms with Gasteiger partial charge < -0.3 is 5.32 Å². The lowest BCUT2D eigenvalue weighted by atomic mass is 10.1. The first-order valence-corrected chi connectivity index (χ1v) is 7.81. The summed E-state index contributed by atoms with van der Waals surface area (Å²) < 4.78 is 0. The molecule has 1 aromatic carbocycles. The Labute approximate surface area is 132 Å². The number of nitrogens with zero attached hydrogens (tertiary/aromatic N) is 1. The Morgan fingerprint density at radius 2 is 2.10 bits per heavy atom. The van der Waals surface area contributed by atoms with E-state index in [9.17, 15) is 10.1 Å². The lowest BCUT2D eigenvalue weighted by molar-refractivity contribution is -0.384. The molecule has 0 aliphatic heterocycles. The molecule has 0 saturated carbocycles. The maximum absolute atomic E-state index is 10.7. The van der Waals surface area contributed by atoms with Crippen LogP contribution in [0.4, 0.5) is 5.69 Å². The largest absolute Gasteiger partial charge is 0.306 e. The summed E-state index contributed by atoms with van der Waals surface area (Å²) in [6.45, 7) is 6.89. The second kappa shape index (κ2) is 6.56. The van der Waals surface area contributed by atoms with E-state index < -0.39 is 4.92 Å². The number of benzene rings is 1. The van der Waals surface area contributed by atoms with Gasteiger partial charge in [0.1, 0.15) is 0 Å². The van der Waals surface area contributed by atoms with E-state index in [1.165, 1.54) is 27.5 Å². The van der Waals surface area contributed by atoms with Crippen LogP contribution >= 0.6 is 22.9 Å². The molecule has 0 radical (unpaired) electrons. The Kier molecular flexibility index (Phi) is 4.98. The smallest absolute Gasteiger partial charge is 0.270 e. The third-order valence-electron chi connectivity index (χ3n) is 3.39. The predicted molar refractivity (Wildman–Crippen MR) is 87.2 cm³/mol. The number of thiophene rings is 1. The summed E-state index contributed by atoms with van der Waals surface area (Å²) >= 11 is 7.88. The average molecular weight is 325 g/mol. The molecule has 1 aromatic heterocycles. The lowest BCUT2D eigenvalue weighted by Gasteiger charge is -2.14.